The van der Waals surface area contributed by atoms with Gasteiger partial charge in [-0.2, -0.15) is 0 Å². The Hall–Kier alpha value is -2.62. The van der Waals surface area contributed by atoms with Gasteiger partial charge >= 0.3 is 0 Å². The van der Waals surface area contributed by atoms with Crippen molar-refractivity contribution in [3.05, 3.63) is 120 Å². The average molecular weight is 487 g/mol. The number of hydrogen-bond acceptors (Lipinski definition) is 1. The van der Waals surface area contributed by atoms with Crippen LogP contribution in [0.4, 0.5) is 11.4 Å². The molecular weight excluding hydrogens is 458 g/mol. The van der Waals surface area contributed by atoms with Gasteiger partial charge in [0.15, 0.2) is 0 Å². The highest BCUT2D eigenvalue weighted by molar-refractivity contribution is 9.10. The molecule has 0 aliphatic rings. The Morgan fingerprint density at radius 2 is 1.00 bits per heavy atom. The second kappa shape index (κ2) is 8.86. The van der Waals surface area contributed by atoms with Crippen molar-refractivity contribution in [3.63, 3.8) is 0 Å². The van der Waals surface area contributed by atoms with Crippen molar-refractivity contribution in [2.24, 2.45) is 0 Å². The summed E-state index contributed by atoms with van der Waals surface area (Å²) in [5.41, 5.74) is 2.43. The summed E-state index contributed by atoms with van der Waals surface area (Å²) in [7, 11) is -2.62. The maximum absolute atomic E-state index is 3.94. The van der Waals surface area contributed by atoms with Crippen LogP contribution in [0.15, 0.2) is 120 Å². The quantitative estimate of drug-likeness (QED) is 0.271. The second-order valence-electron chi connectivity index (χ2n) is 8.81. The molecule has 3 heteroatoms. The van der Waals surface area contributed by atoms with Crippen LogP contribution in [0.2, 0.25) is 5.04 Å². The summed E-state index contributed by atoms with van der Waals surface area (Å²) in [6.45, 7) is 7.18. The SMILES string of the molecule is CC(C)(C)[Si](c1ccccc1)(c1ccccc1Br)N(c1ccccc1)c1ccccc1. The molecule has 0 saturated carbocycles. The minimum atomic E-state index is -2.62. The summed E-state index contributed by atoms with van der Waals surface area (Å²) in [4.78, 5) is 0. The van der Waals surface area contributed by atoms with E-state index in [-0.39, 0.29) is 5.04 Å². The van der Waals surface area contributed by atoms with E-state index in [1.807, 2.05) is 0 Å². The summed E-state index contributed by atoms with van der Waals surface area (Å²) in [5, 5.41) is 2.74. The molecule has 31 heavy (non-hydrogen) atoms. The van der Waals surface area contributed by atoms with Gasteiger partial charge in [-0.05, 0) is 45.7 Å². The molecule has 156 valence electrons. The summed E-state index contributed by atoms with van der Waals surface area (Å²) >= 11 is 3.94. The lowest BCUT2D eigenvalue weighted by Crippen LogP contribution is -2.74. The normalized spacial score (nSPS) is 13.4. The molecule has 4 aromatic carbocycles. The first-order valence-corrected chi connectivity index (χ1v) is 13.4. The molecule has 0 radical (unpaired) electrons. The van der Waals surface area contributed by atoms with Gasteiger partial charge in [0.25, 0.3) is 0 Å². The first-order valence-electron chi connectivity index (χ1n) is 10.7. The molecule has 0 aliphatic heterocycles. The fourth-order valence-electron chi connectivity index (χ4n) is 4.70. The van der Waals surface area contributed by atoms with Crippen LogP contribution in [0.3, 0.4) is 0 Å². The minimum Gasteiger partial charge on any atom is -0.359 e. The Morgan fingerprint density at radius 3 is 1.45 bits per heavy atom. The van der Waals surface area contributed by atoms with Crippen molar-refractivity contribution >= 4 is 45.9 Å². The highest BCUT2D eigenvalue weighted by atomic mass is 79.9. The molecule has 0 N–H and O–H groups in total. The molecular formula is C28H28BrNSi. The number of benzene rings is 4. The van der Waals surface area contributed by atoms with Crippen LogP contribution >= 0.6 is 15.9 Å². The molecule has 1 nitrogen and oxygen atoms in total. The number of anilines is 2. The first-order chi connectivity index (χ1) is 15.0. The second-order valence-corrected chi connectivity index (χ2v) is 14.2. The minimum absolute atomic E-state index is 0.0239. The largest absolute Gasteiger partial charge is 0.359 e. The van der Waals surface area contributed by atoms with E-state index in [0.717, 1.165) is 4.47 Å². The van der Waals surface area contributed by atoms with Gasteiger partial charge in [-0.1, -0.05) is 122 Å². The molecule has 0 bridgehead atoms. The van der Waals surface area contributed by atoms with Crippen molar-refractivity contribution < 1.29 is 0 Å². The maximum Gasteiger partial charge on any atom is 0.231 e. The third-order valence-electron chi connectivity index (χ3n) is 5.90. The summed E-state index contributed by atoms with van der Waals surface area (Å²) in [5.74, 6) is 0. The Kier molecular flexibility index (Phi) is 6.17. The topological polar surface area (TPSA) is 3.24 Å². The Balaban J connectivity index is 2.18. The summed E-state index contributed by atoms with van der Waals surface area (Å²) in [6, 6.07) is 41.5. The van der Waals surface area contributed by atoms with Crippen molar-refractivity contribution in [2.45, 2.75) is 25.8 Å². The van der Waals surface area contributed by atoms with Gasteiger partial charge in [-0.15, -0.1) is 0 Å². The monoisotopic (exact) mass is 485 g/mol. The van der Waals surface area contributed by atoms with Gasteiger partial charge < -0.3 is 4.57 Å². The fourth-order valence-corrected chi connectivity index (χ4v) is 11.5. The molecule has 0 heterocycles. The fraction of sp³-hybridized carbons (Fsp3) is 0.143. The molecule has 0 spiro atoms. The van der Waals surface area contributed by atoms with Gasteiger partial charge in [0.05, 0.1) is 0 Å². The first kappa shape index (κ1) is 21.6. The van der Waals surface area contributed by atoms with Crippen LogP contribution in [0.1, 0.15) is 20.8 Å². The van der Waals surface area contributed by atoms with Crippen molar-refractivity contribution in [3.8, 4) is 0 Å². The lowest BCUT2D eigenvalue weighted by Gasteiger charge is -2.52. The van der Waals surface area contributed by atoms with Crippen molar-refractivity contribution in [1.82, 2.24) is 0 Å². The van der Waals surface area contributed by atoms with E-state index in [1.54, 1.807) is 0 Å². The predicted octanol–water partition coefficient (Wildman–Crippen LogP) is 7.15. The number of hydrogen-bond donors (Lipinski definition) is 0. The van der Waals surface area contributed by atoms with Crippen LogP contribution in [-0.2, 0) is 0 Å². The van der Waals surface area contributed by atoms with E-state index < -0.39 is 8.24 Å². The van der Waals surface area contributed by atoms with Gasteiger partial charge in [0.2, 0.25) is 8.24 Å². The molecule has 1 unspecified atom stereocenters. The molecule has 0 fully saturated rings. The number of nitrogens with zero attached hydrogens (tertiary/aromatic N) is 1. The van der Waals surface area contributed by atoms with Gasteiger partial charge in [0, 0.05) is 15.8 Å². The van der Waals surface area contributed by atoms with Gasteiger partial charge in [-0.25, -0.2) is 0 Å². The van der Waals surface area contributed by atoms with E-state index in [0.29, 0.717) is 0 Å². The molecule has 0 aliphatic carbocycles. The Morgan fingerprint density at radius 1 is 0.581 bits per heavy atom. The smallest absolute Gasteiger partial charge is 0.231 e. The van der Waals surface area contributed by atoms with E-state index >= 15 is 0 Å². The van der Waals surface area contributed by atoms with Crippen LogP contribution in [0.25, 0.3) is 0 Å². The van der Waals surface area contributed by atoms with Crippen LogP contribution in [0, 0.1) is 0 Å². The highest BCUT2D eigenvalue weighted by Gasteiger charge is 2.54. The number of para-hydroxylation sites is 2. The highest BCUT2D eigenvalue weighted by Crippen LogP contribution is 2.45. The van der Waals surface area contributed by atoms with Crippen LogP contribution in [0.5, 0.6) is 0 Å². The molecule has 4 aromatic rings. The molecule has 0 aromatic heterocycles. The van der Waals surface area contributed by atoms with Crippen LogP contribution in [-0.4, -0.2) is 8.24 Å². The molecule has 4 rings (SSSR count). The lowest BCUT2D eigenvalue weighted by molar-refractivity contribution is 0.726. The molecule has 1 atom stereocenters. The average Bonchev–Trinajstić information content (AvgIpc) is 2.79. The molecule has 0 saturated heterocycles. The van der Waals surface area contributed by atoms with Crippen molar-refractivity contribution in [2.75, 3.05) is 4.57 Å². The predicted molar refractivity (Wildman–Crippen MR) is 140 cm³/mol. The number of rotatable bonds is 5. The van der Waals surface area contributed by atoms with Crippen molar-refractivity contribution in [1.29, 1.82) is 0 Å². The van der Waals surface area contributed by atoms with E-state index in [1.165, 1.54) is 21.7 Å². The Bertz CT molecular complexity index is 1080. The zero-order valence-electron chi connectivity index (χ0n) is 18.3. The summed E-state index contributed by atoms with van der Waals surface area (Å²) < 4.78 is 3.81. The standard InChI is InChI=1S/C28H28BrNSi/c1-28(2,3)31(25-19-11-6-12-20-25,27-22-14-13-21-26(27)29)30(23-15-7-4-8-16-23)24-17-9-5-10-18-24/h4-22H,1-3H3. The third-order valence-corrected chi connectivity index (χ3v) is 12.7. The van der Waals surface area contributed by atoms with E-state index in [9.17, 15) is 0 Å². The Labute approximate surface area is 195 Å². The zero-order chi connectivity index (χ0) is 21.9. The maximum atomic E-state index is 3.94. The molecule has 0 amide bonds. The van der Waals surface area contributed by atoms with E-state index in [4.69, 9.17) is 0 Å². The van der Waals surface area contributed by atoms with Gasteiger partial charge in [-0.3, -0.25) is 0 Å². The number of halogens is 1. The third kappa shape index (κ3) is 3.88. The van der Waals surface area contributed by atoms with Gasteiger partial charge in [0.1, 0.15) is 0 Å². The van der Waals surface area contributed by atoms with E-state index in [2.05, 4.69) is 157 Å². The zero-order valence-corrected chi connectivity index (χ0v) is 20.9. The lowest BCUT2D eigenvalue weighted by atomic mass is 10.2. The van der Waals surface area contributed by atoms with Crippen LogP contribution < -0.4 is 14.9 Å². The summed E-state index contributed by atoms with van der Waals surface area (Å²) in [6.07, 6.45) is 0.